The van der Waals surface area contributed by atoms with Crippen LogP contribution in [0, 0.1) is 11.3 Å². The van der Waals surface area contributed by atoms with E-state index in [0.717, 1.165) is 30.0 Å². The van der Waals surface area contributed by atoms with Crippen molar-refractivity contribution in [2.45, 2.75) is 38.3 Å². The summed E-state index contributed by atoms with van der Waals surface area (Å²) in [5, 5.41) is 22.1. The molecule has 0 spiro atoms. The first-order valence-corrected chi connectivity index (χ1v) is 9.89. The molecule has 0 radical (unpaired) electrons. The topological polar surface area (TPSA) is 70.6 Å². The molecule has 1 atom stereocenters. The first kappa shape index (κ1) is 18.3. The molecule has 6 heteroatoms. The van der Waals surface area contributed by atoms with Gasteiger partial charge in [0, 0.05) is 0 Å². The Hall–Kier alpha value is -3.04. The first-order chi connectivity index (χ1) is 13.8. The van der Waals surface area contributed by atoms with Crippen molar-refractivity contribution in [2.24, 2.45) is 0 Å². The zero-order valence-electron chi connectivity index (χ0n) is 15.9. The summed E-state index contributed by atoms with van der Waals surface area (Å²) in [5.41, 5.74) is 2.90. The third kappa shape index (κ3) is 4.10. The molecule has 0 aliphatic carbocycles. The van der Waals surface area contributed by atoms with Gasteiger partial charge in [0.1, 0.15) is 0 Å². The molecule has 0 saturated carbocycles. The summed E-state index contributed by atoms with van der Waals surface area (Å²) in [6.45, 7) is 2.66. The molecular formula is C22H24N6. The predicted molar refractivity (Wildman–Crippen MR) is 106 cm³/mol. The maximum Gasteiger partial charge on any atom is 0.173 e. The number of tetrazole rings is 1. The summed E-state index contributed by atoms with van der Waals surface area (Å²) in [4.78, 5) is 2.47. The van der Waals surface area contributed by atoms with Gasteiger partial charge in [0.15, 0.2) is 5.82 Å². The van der Waals surface area contributed by atoms with Crippen LogP contribution in [-0.2, 0) is 6.54 Å². The van der Waals surface area contributed by atoms with E-state index in [-0.39, 0.29) is 6.04 Å². The van der Waals surface area contributed by atoms with Crippen LogP contribution in [0.3, 0.4) is 0 Å². The van der Waals surface area contributed by atoms with Crippen molar-refractivity contribution in [2.75, 3.05) is 13.1 Å². The zero-order chi connectivity index (χ0) is 19.2. The van der Waals surface area contributed by atoms with Crippen LogP contribution in [0.25, 0.3) is 0 Å². The number of hydrogen-bond donors (Lipinski definition) is 0. The highest BCUT2D eigenvalue weighted by atomic mass is 15.5. The molecule has 0 amide bonds. The van der Waals surface area contributed by atoms with Gasteiger partial charge in [-0.3, -0.25) is 4.90 Å². The maximum atomic E-state index is 9.37. The third-order valence-corrected chi connectivity index (χ3v) is 5.32. The lowest BCUT2D eigenvalue weighted by Crippen LogP contribution is -2.33. The number of likely N-dealkylation sites (tertiary alicyclic amines) is 1. The number of hydrogen-bond acceptors (Lipinski definition) is 5. The van der Waals surface area contributed by atoms with E-state index in [1.54, 1.807) is 0 Å². The molecule has 6 nitrogen and oxygen atoms in total. The minimum absolute atomic E-state index is 0.0508. The fourth-order valence-electron chi connectivity index (χ4n) is 3.93. The highest BCUT2D eigenvalue weighted by Gasteiger charge is 2.28. The fourth-order valence-corrected chi connectivity index (χ4v) is 3.93. The van der Waals surface area contributed by atoms with Crippen LogP contribution in [-0.4, -0.2) is 38.2 Å². The molecule has 0 N–H and O–H groups in total. The van der Waals surface area contributed by atoms with Gasteiger partial charge in [-0.15, -0.1) is 5.10 Å². The Labute approximate surface area is 165 Å². The van der Waals surface area contributed by atoms with Crippen LogP contribution in [0.1, 0.15) is 54.2 Å². The molecule has 1 aliphatic rings. The van der Waals surface area contributed by atoms with Crippen LogP contribution < -0.4 is 0 Å². The summed E-state index contributed by atoms with van der Waals surface area (Å²) in [6.07, 6.45) is 4.87. The normalized spacial score (nSPS) is 16.2. The lowest BCUT2D eigenvalue weighted by molar-refractivity contribution is 0.222. The van der Waals surface area contributed by atoms with Crippen LogP contribution in [0.4, 0.5) is 0 Å². The minimum atomic E-state index is -0.0508. The predicted octanol–water partition coefficient (Wildman–Crippen LogP) is 3.56. The average Bonchev–Trinajstić information content (AvgIpc) is 3.01. The Morgan fingerprint density at radius 1 is 0.964 bits per heavy atom. The molecule has 1 aromatic heterocycles. The van der Waals surface area contributed by atoms with Crippen molar-refractivity contribution in [3.05, 3.63) is 77.1 Å². The molecule has 3 aromatic rings. The molecule has 142 valence electrons. The van der Waals surface area contributed by atoms with E-state index < -0.39 is 0 Å². The van der Waals surface area contributed by atoms with E-state index in [2.05, 4.69) is 44.7 Å². The Balaban J connectivity index is 1.73. The number of rotatable bonds is 5. The average molecular weight is 372 g/mol. The quantitative estimate of drug-likeness (QED) is 0.685. The monoisotopic (exact) mass is 372 g/mol. The van der Waals surface area contributed by atoms with Crippen molar-refractivity contribution in [1.29, 1.82) is 5.26 Å². The van der Waals surface area contributed by atoms with Crippen molar-refractivity contribution in [3.8, 4) is 6.07 Å². The van der Waals surface area contributed by atoms with Crippen molar-refractivity contribution in [1.82, 2.24) is 25.1 Å². The second kappa shape index (κ2) is 8.77. The molecule has 0 bridgehead atoms. The minimum Gasteiger partial charge on any atom is -0.290 e. The van der Waals surface area contributed by atoms with Gasteiger partial charge in [0.25, 0.3) is 0 Å². The number of nitrogens with zero attached hydrogens (tertiary/aromatic N) is 6. The third-order valence-electron chi connectivity index (χ3n) is 5.32. The van der Waals surface area contributed by atoms with Gasteiger partial charge in [-0.05, 0) is 59.6 Å². The molecule has 2 aromatic carbocycles. The van der Waals surface area contributed by atoms with Crippen LogP contribution in [0.15, 0.2) is 54.6 Å². The van der Waals surface area contributed by atoms with E-state index in [1.165, 1.54) is 25.7 Å². The second-order valence-electron chi connectivity index (χ2n) is 7.27. The largest absolute Gasteiger partial charge is 0.290 e. The molecule has 0 unspecified atom stereocenters. The maximum absolute atomic E-state index is 9.37. The van der Waals surface area contributed by atoms with Crippen LogP contribution in [0.2, 0.25) is 0 Å². The van der Waals surface area contributed by atoms with E-state index in [0.29, 0.717) is 12.1 Å². The second-order valence-corrected chi connectivity index (χ2v) is 7.27. The van der Waals surface area contributed by atoms with E-state index in [4.69, 9.17) is 0 Å². The van der Waals surface area contributed by atoms with Gasteiger partial charge in [-0.2, -0.15) is 5.26 Å². The van der Waals surface area contributed by atoms with Gasteiger partial charge in [-0.25, -0.2) is 4.68 Å². The molecule has 4 rings (SSSR count). The molecule has 2 heterocycles. The van der Waals surface area contributed by atoms with Gasteiger partial charge in [0.05, 0.1) is 24.2 Å². The number of benzene rings is 2. The van der Waals surface area contributed by atoms with Crippen molar-refractivity contribution >= 4 is 0 Å². The molecule has 1 fully saturated rings. The molecule has 1 aliphatic heterocycles. The fraction of sp³-hybridized carbons (Fsp3) is 0.364. The lowest BCUT2D eigenvalue weighted by atomic mass is 10.0. The van der Waals surface area contributed by atoms with Crippen LogP contribution >= 0.6 is 0 Å². The standard InChI is InChI=1S/C22H24N6/c23-16-19-11-8-12-20(15-19)21(27-13-6-1-2-7-14-27)22-24-25-26-28(22)17-18-9-4-3-5-10-18/h3-5,8-12,15,21H,1-2,6-7,13-14,17H2/t21-/m0/s1. The van der Waals surface area contributed by atoms with E-state index in [9.17, 15) is 5.26 Å². The number of nitriles is 1. The van der Waals surface area contributed by atoms with Crippen LogP contribution in [0.5, 0.6) is 0 Å². The van der Waals surface area contributed by atoms with Crippen molar-refractivity contribution in [3.63, 3.8) is 0 Å². The summed E-state index contributed by atoms with van der Waals surface area (Å²) in [7, 11) is 0. The SMILES string of the molecule is N#Cc1cccc([C@@H](c2nnnn2Cc2ccccc2)N2CCCCCC2)c1. The Kier molecular flexibility index (Phi) is 5.74. The number of aromatic nitrogens is 4. The lowest BCUT2D eigenvalue weighted by Gasteiger charge is -2.30. The van der Waals surface area contributed by atoms with Crippen molar-refractivity contribution < 1.29 is 0 Å². The highest BCUT2D eigenvalue weighted by molar-refractivity contribution is 5.36. The molecule has 1 saturated heterocycles. The Morgan fingerprint density at radius 2 is 1.75 bits per heavy atom. The van der Waals surface area contributed by atoms with Gasteiger partial charge in [0.2, 0.25) is 0 Å². The summed E-state index contributed by atoms with van der Waals surface area (Å²) in [6, 6.07) is 20.3. The summed E-state index contributed by atoms with van der Waals surface area (Å²) in [5.74, 6) is 0.834. The van der Waals surface area contributed by atoms with E-state index >= 15 is 0 Å². The highest BCUT2D eigenvalue weighted by Crippen LogP contribution is 2.30. The van der Waals surface area contributed by atoms with E-state index in [1.807, 2.05) is 41.1 Å². The zero-order valence-corrected chi connectivity index (χ0v) is 15.9. The molecular weight excluding hydrogens is 348 g/mol. The van der Waals surface area contributed by atoms with Gasteiger partial charge in [-0.1, -0.05) is 55.3 Å². The molecule has 28 heavy (non-hydrogen) atoms. The van der Waals surface area contributed by atoms with Gasteiger partial charge >= 0.3 is 0 Å². The summed E-state index contributed by atoms with van der Waals surface area (Å²) >= 11 is 0. The smallest absolute Gasteiger partial charge is 0.173 e. The Morgan fingerprint density at radius 3 is 2.50 bits per heavy atom. The summed E-state index contributed by atoms with van der Waals surface area (Å²) < 4.78 is 1.89. The first-order valence-electron chi connectivity index (χ1n) is 9.89. The van der Waals surface area contributed by atoms with Gasteiger partial charge < -0.3 is 0 Å². The Bertz CT molecular complexity index is 935.